The van der Waals surface area contributed by atoms with E-state index in [0.29, 0.717) is 41.1 Å². The predicted molar refractivity (Wildman–Crippen MR) is 184 cm³/mol. The van der Waals surface area contributed by atoms with Crippen molar-refractivity contribution in [3.63, 3.8) is 0 Å². The van der Waals surface area contributed by atoms with Crippen LogP contribution >= 0.6 is 0 Å². The van der Waals surface area contributed by atoms with Crippen molar-refractivity contribution < 1.29 is 29.2 Å². The SMILES string of the molecule is CCOC(C1CC(C)C2C(O1)C(O)C1(C)C3CCC4C(C)(C)C(OC5CN(C(C)(C)C)CCO5)CCC45CC35CCC21C)C(C)(C)O. The molecule has 0 aromatic rings. The molecule has 14 atom stereocenters. The quantitative estimate of drug-likeness (QED) is 0.324. The van der Waals surface area contributed by atoms with Crippen molar-refractivity contribution in [2.45, 2.75) is 175 Å². The number of rotatable bonds is 6. The molecule has 14 unspecified atom stereocenters. The van der Waals surface area contributed by atoms with Crippen LogP contribution < -0.4 is 0 Å². The van der Waals surface area contributed by atoms with Gasteiger partial charge >= 0.3 is 0 Å². The summed E-state index contributed by atoms with van der Waals surface area (Å²) < 4.78 is 26.3. The lowest BCUT2D eigenvalue weighted by molar-refractivity contribution is -0.253. The number of ether oxygens (including phenoxy) is 4. The summed E-state index contributed by atoms with van der Waals surface area (Å²) in [5, 5.41) is 23.7. The normalized spacial score (nSPS) is 51.6. The van der Waals surface area contributed by atoms with E-state index in [1.54, 1.807) is 0 Å². The molecular weight excluding hydrogens is 590 g/mol. The molecule has 7 rings (SSSR count). The largest absolute Gasteiger partial charge is 0.390 e. The highest BCUT2D eigenvalue weighted by atomic mass is 16.7. The van der Waals surface area contributed by atoms with Gasteiger partial charge in [0, 0.05) is 24.1 Å². The number of hydrogen-bond acceptors (Lipinski definition) is 7. The highest BCUT2D eigenvalue weighted by Gasteiger charge is 2.84. The number of nitrogens with zero attached hydrogens (tertiary/aromatic N) is 1. The van der Waals surface area contributed by atoms with Gasteiger partial charge in [-0.05, 0) is 138 Å². The van der Waals surface area contributed by atoms with Gasteiger partial charge in [0.1, 0.15) is 6.10 Å². The molecule has 7 nitrogen and oxygen atoms in total. The molecule has 7 aliphatic rings. The molecule has 5 saturated carbocycles. The van der Waals surface area contributed by atoms with Crippen LogP contribution in [0.1, 0.15) is 128 Å². The van der Waals surface area contributed by atoms with Crippen LogP contribution in [-0.4, -0.2) is 89.4 Å². The molecule has 2 N–H and O–H groups in total. The van der Waals surface area contributed by atoms with E-state index in [1.165, 1.54) is 38.5 Å². The third-order valence-electron chi connectivity index (χ3n) is 16.4. The van der Waals surface area contributed by atoms with Crippen LogP contribution in [0.5, 0.6) is 0 Å². The van der Waals surface area contributed by atoms with Gasteiger partial charge in [-0.1, -0.05) is 34.6 Å². The average Bonchev–Trinajstić information content (AvgIpc) is 3.61. The minimum atomic E-state index is -1.01. The summed E-state index contributed by atoms with van der Waals surface area (Å²) in [6, 6.07) is 0. The topological polar surface area (TPSA) is 80.6 Å². The Hall–Kier alpha value is -0.280. The van der Waals surface area contributed by atoms with Crippen molar-refractivity contribution in [2.75, 3.05) is 26.3 Å². The van der Waals surface area contributed by atoms with Crippen LogP contribution in [0, 0.1) is 50.7 Å². The Morgan fingerprint density at radius 2 is 1.64 bits per heavy atom. The molecule has 5 aliphatic carbocycles. The van der Waals surface area contributed by atoms with E-state index in [1.807, 2.05) is 20.8 Å². The first-order valence-corrected chi connectivity index (χ1v) is 19.5. The van der Waals surface area contributed by atoms with Crippen LogP contribution in [0.4, 0.5) is 0 Å². The smallest absolute Gasteiger partial charge is 0.170 e. The number of aliphatic hydroxyl groups excluding tert-OH is 1. The summed E-state index contributed by atoms with van der Waals surface area (Å²) in [7, 11) is 0. The molecule has 270 valence electrons. The van der Waals surface area contributed by atoms with Crippen LogP contribution in [0.3, 0.4) is 0 Å². The third kappa shape index (κ3) is 4.82. The van der Waals surface area contributed by atoms with E-state index < -0.39 is 17.8 Å². The fourth-order valence-corrected chi connectivity index (χ4v) is 14.2. The Kier molecular flexibility index (Phi) is 8.31. The molecule has 0 aromatic carbocycles. The summed E-state index contributed by atoms with van der Waals surface area (Å²) in [5.41, 5.74) is -0.305. The molecule has 2 saturated heterocycles. The zero-order valence-corrected chi connectivity index (χ0v) is 31.7. The minimum Gasteiger partial charge on any atom is -0.390 e. The molecule has 7 heteroatoms. The molecule has 0 radical (unpaired) electrons. The first-order chi connectivity index (χ1) is 21.8. The van der Waals surface area contributed by atoms with Crippen molar-refractivity contribution in [1.29, 1.82) is 0 Å². The Balaban J connectivity index is 1.13. The first-order valence-electron chi connectivity index (χ1n) is 19.5. The second-order valence-electron chi connectivity index (χ2n) is 20.1. The number of morpholine rings is 1. The summed E-state index contributed by atoms with van der Waals surface area (Å²) in [5.74, 6) is 1.86. The fraction of sp³-hybridized carbons (Fsp3) is 1.00. The highest BCUT2D eigenvalue weighted by Crippen LogP contribution is 2.89. The van der Waals surface area contributed by atoms with Crippen molar-refractivity contribution in [3.05, 3.63) is 0 Å². The van der Waals surface area contributed by atoms with Crippen molar-refractivity contribution >= 4 is 0 Å². The van der Waals surface area contributed by atoms with Gasteiger partial charge in [-0.25, -0.2) is 0 Å². The third-order valence-corrected chi connectivity index (χ3v) is 16.4. The molecule has 2 spiro atoms. The van der Waals surface area contributed by atoms with Crippen LogP contribution in [0.15, 0.2) is 0 Å². The molecule has 47 heavy (non-hydrogen) atoms. The second-order valence-corrected chi connectivity index (χ2v) is 20.1. The zero-order valence-electron chi connectivity index (χ0n) is 31.7. The Labute approximate surface area is 286 Å². The van der Waals surface area contributed by atoms with E-state index >= 15 is 0 Å². The molecule has 7 fully saturated rings. The van der Waals surface area contributed by atoms with Gasteiger partial charge in [0.05, 0.1) is 43.2 Å². The molecule has 0 bridgehead atoms. The average molecular weight is 660 g/mol. The first kappa shape index (κ1) is 35.1. The van der Waals surface area contributed by atoms with E-state index in [9.17, 15) is 10.2 Å². The van der Waals surface area contributed by atoms with Crippen molar-refractivity contribution in [3.8, 4) is 0 Å². The van der Waals surface area contributed by atoms with Crippen LogP contribution in [-0.2, 0) is 18.9 Å². The number of hydrogen-bond donors (Lipinski definition) is 2. The van der Waals surface area contributed by atoms with Gasteiger partial charge in [-0.15, -0.1) is 0 Å². The van der Waals surface area contributed by atoms with E-state index in [-0.39, 0.29) is 46.4 Å². The van der Waals surface area contributed by atoms with Crippen molar-refractivity contribution in [1.82, 2.24) is 4.90 Å². The van der Waals surface area contributed by atoms with Gasteiger partial charge in [-0.3, -0.25) is 4.90 Å². The highest BCUT2D eigenvalue weighted by molar-refractivity contribution is 5.33. The Bertz CT molecular complexity index is 1190. The van der Waals surface area contributed by atoms with E-state index in [4.69, 9.17) is 18.9 Å². The second kappa shape index (κ2) is 11.1. The van der Waals surface area contributed by atoms with Gasteiger partial charge in [0.25, 0.3) is 0 Å². The van der Waals surface area contributed by atoms with Gasteiger partial charge in [0.15, 0.2) is 6.29 Å². The zero-order chi connectivity index (χ0) is 34.2. The van der Waals surface area contributed by atoms with Crippen LogP contribution in [0.25, 0.3) is 0 Å². The summed E-state index contributed by atoms with van der Waals surface area (Å²) in [4.78, 5) is 2.51. The molecule has 2 heterocycles. The van der Waals surface area contributed by atoms with Gasteiger partial charge in [-0.2, -0.15) is 0 Å². The van der Waals surface area contributed by atoms with Crippen LogP contribution in [0.2, 0.25) is 0 Å². The summed E-state index contributed by atoms with van der Waals surface area (Å²) >= 11 is 0. The van der Waals surface area contributed by atoms with E-state index in [2.05, 4.69) is 60.3 Å². The molecule has 0 amide bonds. The van der Waals surface area contributed by atoms with Gasteiger partial charge in [0.2, 0.25) is 0 Å². The van der Waals surface area contributed by atoms with Gasteiger partial charge < -0.3 is 29.2 Å². The maximum absolute atomic E-state index is 12.6. The fourth-order valence-electron chi connectivity index (χ4n) is 14.2. The monoisotopic (exact) mass is 660 g/mol. The Morgan fingerprint density at radius 1 is 0.957 bits per heavy atom. The number of aliphatic hydroxyl groups is 2. The number of fused-ring (bicyclic) bond motifs is 4. The van der Waals surface area contributed by atoms with E-state index in [0.717, 1.165) is 32.5 Å². The maximum Gasteiger partial charge on any atom is 0.170 e. The predicted octanol–water partition coefficient (Wildman–Crippen LogP) is 6.82. The summed E-state index contributed by atoms with van der Waals surface area (Å²) in [6.45, 7) is 28.0. The van der Waals surface area contributed by atoms with Crippen molar-refractivity contribution in [2.24, 2.45) is 50.7 Å². The Morgan fingerprint density at radius 3 is 2.30 bits per heavy atom. The lowest BCUT2D eigenvalue weighted by atomic mass is 9.41. The lowest BCUT2D eigenvalue weighted by Crippen LogP contribution is -2.60. The molecule has 0 aromatic heterocycles. The maximum atomic E-state index is 12.6. The molecule has 2 aliphatic heterocycles. The standard InChI is InChI=1S/C40H69NO6/c1-12-44-33(36(8,9)43)25-21-24(2)30-31(46-25)32(42)38(11)27-14-13-26-35(6,7)28(47-29-22-41(19-20-45-29)34(3,4)5)15-16-39(26)23-40(27,39)18-17-37(30,38)10/h24-33,42-43H,12-23H2,1-11H3. The molecular formula is C40H69NO6. The lowest BCUT2D eigenvalue weighted by Gasteiger charge is -2.64. The minimum absolute atomic E-state index is 0.0247. The summed E-state index contributed by atoms with van der Waals surface area (Å²) in [6.07, 6.45) is 8.10.